The van der Waals surface area contributed by atoms with Gasteiger partial charge in [-0.15, -0.1) is 0 Å². The topological polar surface area (TPSA) is 99.0 Å². The predicted molar refractivity (Wildman–Crippen MR) is 64.0 cm³/mol. The summed E-state index contributed by atoms with van der Waals surface area (Å²) in [6.07, 6.45) is 1.79. The molecule has 0 bridgehead atoms. The van der Waals surface area contributed by atoms with Crippen LogP contribution < -0.4 is 11.1 Å². The number of nitro benzene ring substituents is 1. The molecule has 1 heterocycles. The van der Waals surface area contributed by atoms with Gasteiger partial charge >= 0.3 is 0 Å². The summed E-state index contributed by atoms with van der Waals surface area (Å²) >= 11 is 0. The summed E-state index contributed by atoms with van der Waals surface area (Å²) in [6.45, 7) is 0. The number of hydrogen-bond donors (Lipinski definition) is 2. The summed E-state index contributed by atoms with van der Waals surface area (Å²) in [5.74, 6) is 0.653. The smallest absolute Gasteiger partial charge is 0.292 e. The van der Waals surface area contributed by atoms with Crippen LogP contribution in [0.3, 0.4) is 0 Å². The first-order valence-electron chi connectivity index (χ1n) is 4.87. The number of aryl methyl sites for hydroxylation is 1. The Labute approximate surface area is 97.0 Å². The van der Waals surface area contributed by atoms with Crippen molar-refractivity contribution in [2.24, 2.45) is 7.05 Å². The van der Waals surface area contributed by atoms with E-state index in [0.29, 0.717) is 11.5 Å². The van der Waals surface area contributed by atoms with E-state index in [2.05, 4.69) is 10.4 Å². The van der Waals surface area contributed by atoms with Gasteiger partial charge in [-0.05, 0) is 12.1 Å². The number of benzene rings is 1. The first kappa shape index (κ1) is 10.9. The number of rotatable bonds is 3. The summed E-state index contributed by atoms with van der Waals surface area (Å²) in [5.41, 5.74) is 6.25. The van der Waals surface area contributed by atoms with Gasteiger partial charge in [0.25, 0.3) is 5.69 Å². The van der Waals surface area contributed by atoms with Gasteiger partial charge in [0.15, 0.2) is 5.82 Å². The molecule has 1 aromatic heterocycles. The van der Waals surface area contributed by atoms with E-state index in [1.807, 2.05) is 0 Å². The molecule has 0 saturated heterocycles. The second-order valence-corrected chi connectivity index (χ2v) is 3.53. The van der Waals surface area contributed by atoms with Crippen LogP contribution >= 0.6 is 0 Å². The Hall–Kier alpha value is -2.57. The maximum absolute atomic E-state index is 10.6. The third-order valence-corrected chi connectivity index (χ3v) is 2.21. The van der Waals surface area contributed by atoms with Crippen molar-refractivity contribution >= 4 is 22.9 Å². The second kappa shape index (κ2) is 4.12. The molecule has 7 nitrogen and oxygen atoms in total. The van der Waals surface area contributed by atoms with E-state index in [1.54, 1.807) is 30.1 Å². The van der Waals surface area contributed by atoms with E-state index in [4.69, 9.17) is 5.73 Å². The van der Waals surface area contributed by atoms with Crippen molar-refractivity contribution in [3.05, 3.63) is 40.6 Å². The molecule has 0 aliphatic heterocycles. The normalized spacial score (nSPS) is 10.2. The molecule has 88 valence electrons. The summed E-state index contributed by atoms with van der Waals surface area (Å²) in [4.78, 5) is 10.1. The van der Waals surface area contributed by atoms with Crippen molar-refractivity contribution in [3.63, 3.8) is 0 Å². The minimum atomic E-state index is -0.514. The lowest BCUT2D eigenvalue weighted by molar-refractivity contribution is -0.383. The van der Waals surface area contributed by atoms with Gasteiger partial charge in [0, 0.05) is 31.1 Å². The van der Waals surface area contributed by atoms with Gasteiger partial charge in [-0.3, -0.25) is 14.8 Å². The molecule has 2 rings (SSSR count). The monoisotopic (exact) mass is 233 g/mol. The summed E-state index contributed by atoms with van der Waals surface area (Å²) in [5, 5.41) is 17.7. The fourth-order valence-electron chi connectivity index (χ4n) is 1.43. The van der Waals surface area contributed by atoms with E-state index >= 15 is 0 Å². The zero-order valence-corrected chi connectivity index (χ0v) is 9.12. The fourth-order valence-corrected chi connectivity index (χ4v) is 1.43. The molecule has 0 amide bonds. The van der Waals surface area contributed by atoms with Gasteiger partial charge in [-0.1, -0.05) is 0 Å². The zero-order chi connectivity index (χ0) is 12.4. The van der Waals surface area contributed by atoms with Crippen LogP contribution in [0.15, 0.2) is 30.5 Å². The van der Waals surface area contributed by atoms with E-state index < -0.39 is 4.92 Å². The fraction of sp³-hybridized carbons (Fsp3) is 0.100. The Morgan fingerprint density at radius 2 is 2.24 bits per heavy atom. The highest BCUT2D eigenvalue weighted by molar-refractivity contribution is 5.68. The number of nitrogen functional groups attached to an aromatic ring is 1. The van der Waals surface area contributed by atoms with Gasteiger partial charge in [-0.2, -0.15) is 5.10 Å². The largest absolute Gasteiger partial charge is 0.393 e. The molecule has 0 fully saturated rings. The van der Waals surface area contributed by atoms with Crippen LogP contribution in [0.1, 0.15) is 0 Å². The molecule has 0 aliphatic carbocycles. The SMILES string of the molecule is Cn1ccc(Nc2ccc([N+](=O)[O-])c(N)c2)n1. The molecular formula is C10H11N5O2. The number of anilines is 3. The van der Waals surface area contributed by atoms with Crippen LogP contribution in [0.2, 0.25) is 0 Å². The Morgan fingerprint density at radius 3 is 2.76 bits per heavy atom. The third-order valence-electron chi connectivity index (χ3n) is 2.21. The first-order chi connectivity index (χ1) is 8.06. The summed E-state index contributed by atoms with van der Waals surface area (Å²) in [7, 11) is 1.80. The van der Waals surface area contributed by atoms with Crippen molar-refractivity contribution in [1.82, 2.24) is 9.78 Å². The van der Waals surface area contributed by atoms with E-state index in [-0.39, 0.29) is 11.4 Å². The van der Waals surface area contributed by atoms with Gasteiger partial charge in [0.2, 0.25) is 0 Å². The van der Waals surface area contributed by atoms with Crippen molar-refractivity contribution < 1.29 is 4.92 Å². The number of nitrogens with one attached hydrogen (secondary N) is 1. The summed E-state index contributed by atoms with van der Waals surface area (Å²) < 4.78 is 1.65. The minimum Gasteiger partial charge on any atom is -0.393 e. The molecular weight excluding hydrogens is 222 g/mol. The van der Waals surface area contributed by atoms with E-state index in [9.17, 15) is 10.1 Å². The molecule has 3 N–H and O–H groups in total. The Balaban J connectivity index is 2.23. The highest BCUT2D eigenvalue weighted by Gasteiger charge is 2.11. The van der Waals surface area contributed by atoms with Crippen LogP contribution in [0.4, 0.5) is 22.9 Å². The highest BCUT2D eigenvalue weighted by Crippen LogP contribution is 2.26. The van der Waals surface area contributed by atoms with Crippen molar-refractivity contribution in [3.8, 4) is 0 Å². The molecule has 0 radical (unpaired) electrons. The van der Waals surface area contributed by atoms with E-state index in [1.165, 1.54) is 12.1 Å². The first-order valence-corrected chi connectivity index (χ1v) is 4.87. The molecule has 0 saturated carbocycles. The standard InChI is InChI=1S/C10H11N5O2/c1-14-5-4-10(13-14)12-7-2-3-9(15(16)17)8(11)6-7/h2-6H,11H2,1H3,(H,12,13). The molecule has 0 unspecified atom stereocenters. The number of nitrogens with two attached hydrogens (primary N) is 1. The van der Waals surface area contributed by atoms with Crippen LogP contribution in [-0.4, -0.2) is 14.7 Å². The molecule has 17 heavy (non-hydrogen) atoms. The number of hydrogen-bond acceptors (Lipinski definition) is 5. The molecule has 0 aliphatic rings. The molecule has 7 heteroatoms. The molecule has 0 spiro atoms. The lowest BCUT2D eigenvalue weighted by Gasteiger charge is -2.04. The van der Waals surface area contributed by atoms with Crippen LogP contribution in [0.5, 0.6) is 0 Å². The van der Waals surface area contributed by atoms with Crippen LogP contribution in [0, 0.1) is 10.1 Å². The molecule has 2 aromatic rings. The van der Waals surface area contributed by atoms with Crippen LogP contribution in [0.25, 0.3) is 0 Å². The van der Waals surface area contributed by atoms with Gasteiger partial charge in [0.1, 0.15) is 5.69 Å². The highest BCUT2D eigenvalue weighted by atomic mass is 16.6. The number of nitrogens with zero attached hydrogens (tertiary/aromatic N) is 3. The number of aromatic nitrogens is 2. The Bertz CT molecular complexity index is 564. The average molecular weight is 233 g/mol. The van der Waals surface area contributed by atoms with Gasteiger partial charge in [-0.25, -0.2) is 0 Å². The van der Waals surface area contributed by atoms with E-state index in [0.717, 1.165) is 0 Å². The lowest BCUT2D eigenvalue weighted by Crippen LogP contribution is -1.98. The van der Waals surface area contributed by atoms with Crippen molar-refractivity contribution in [2.45, 2.75) is 0 Å². The quantitative estimate of drug-likeness (QED) is 0.477. The average Bonchev–Trinajstić information content (AvgIpc) is 2.63. The minimum absolute atomic E-state index is 0.100. The van der Waals surface area contributed by atoms with Gasteiger partial charge in [0.05, 0.1) is 4.92 Å². The van der Waals surface area contributed by atoms with Crippen molar-refractivity contribution in [2.75, 3.05) is 11.1 Å². The molecule has 1 aromatic carbocycles. The van der Waals surface area contributed by atoms with Gasteiger partial charge < -0.3 is 11.1 Å². The summed E-state index contributed by atoms with van der Waals surface area (Å²) in [6, 6.07) is 6.24. The maximum atomic E-state index is 10.6. The maximum Gasteiger partial charge on any atom is 0.292 e. The predicted octanol–water partition coefficient (Wildman–Crippen LogP) is 1.65. The lowest BCUT2D eigenvalue weighted by atomic mass is 10.2. The third kappa shape index (κ3) is 2.33. The van der Waals surface area contributed by atoms with Crippen molar-refractivity contribution in [1.29, 1.82) is 0 Å². The number of nitro groups is 1. The zero-order valence-electron chi connectivity index (χ0n) is 9.12. The second-order valence-electron chi connectivity index (χ2n) is 3.53. The molecule has 0 atom stereocenters. The van der Waals surface area contributed by atoms with Crippen LogP contribution in [-0.2, 0) is 7.05 Å². The Morgan fingerprint density at radius 1 is 1.47 bits per heavy atom. The Kier molecular flexibility index (Phi) is 2.65.